The molecule has 0 bridgehead atoms. The first-order valence-electron chi connectivity index (χ1n) is 7.76. The molecular weight excluding hydrogens is 274 g/mol. The first-order chi connectivity index (χ1) is 9.65. The zero-order chi connectivity index (χ0) is 14.5. The average Bonchev–Trinajstić information content (AvgIpc) is 3.06. The molecule has 2 rings (SSSR count). The summed E-state index contributed by atoms with van der Waals surface area (Å²) in [6.45, 7) is 5.92. The van der Waals surface area contributed by atoms with Gasteiger partial charge < -0.3 is 10.5 Å². The van der Waals surface area contributed by atoms with Crippen LogP contribution in [0.1, 0.15) is 50.9 Å². The molecule has 2 N–H and O–H groups in total. The maximum Gasteiger partial charge on any atom is 0.0850 e. The molecule has 0 spiro atoms. The van der Waals surface area contributed by atoms with Crippen molar-refractivity contribution in [1.29, 1.82) is 0 Å². The van der Waals surface area contributed by atoms with Crippen LogP contribution in [0.15, 0.2) is 0 Å². The zero-order valence-corrected chi connectivity index (χ0v) is 13.3. The number of aromatic nitrogens is 2. The molecule has 0 aliphatic carbocycles. The van der Waals surface area contributed by atoms with E-state index >= 15 is 0 Å². The molecule has 4 nitrogen and oxygen atoms in total. The summed E-state index contributed by atoms with van der Waals surface area (Å²) in [5, 5.41) is 5.35. The fourth-order valence-electron chi connectivity index (χ4n) is 2.83. The highest BCUT2D eigenvalue weighted by Crippen LogP contribution is 2.24. The van der Waals surface area contributed by atoms with Gasteiger partial charge in [-0.25, -0.2) is 0 Å². The van der Waals surface area contributed by atoms with Crippen molar-refractivity contribution in [1.82, 2.24) is 9.78 Å². The van der Waals surface area contributed by atoms with Crippen LogP contribution >= 0.6 is 11.6 Å². The van der Waals surface area contributed by atoms with Gasteiger partial charge in [0.25, 0.3) is 0 Å². The second-order valence-electron chi connectivity index (χ2n) is 5.55. The van der Waals surface area contributed by atoms with E-state index in [4.69, 9.17) is 22.1 Å². The van der Waals surface area contributed by atoms with Gasteiger partial charge in [0.1, 0.15) is 0 Å². The van der Waals surface area contributed by atoms with Crippen LogP contribution in [0.4, 0.5) is 0 Å². The fourth-order valence-corrected chi connectivity index (χ4v) is 3.18. The number of nitrogens with zero attached hydrogens (tertiary/aromatic N) is 2. The van der Waals surface area contributed by atoms with Gasteiger partial charge >= 0.3 is 0 Å². The smallest absolute Gasteiger partial charge is 0.0850 e. The van der Waals surface area contributed by atoms with E-state index in [0.29, 0.717) is 6.10 Å². The molecule has 2 atom stereocenters. The molecule has 5 heteroatoms. The number of aryl methyl sites for hydroxylation is 2. The predicted molar refractivity (Wildman–Crippen MR) is 82.2 cm³/mol. The van der Waals surface area contributed by atoms with E-state index in [2.05, 4.69) is 18.9 Å². The molecule has 20 heavy (non-hydrogen) atoms. The summed E-state index contributed by atoms with van der Waals surface area (Å²) in [5.41, 5.74) is 8.34. The number of hydrogen-bond donors (Lipinski definition) is 1. The highest BCUT2D eigenvalue weighted by Gasteiger charge is 2.20. The van der Waals surface area contributed by atoms with E-state index in [1.807, 2.05) is 4.68 Å². The summed E-state index contributed by atoms with van der Waals surface area (Å²) in [6.07, 6.45) is 6.49. The first kappa shape index (κ1) is 15.8. The maximum absolute atomic E-state index is 6.42. The predicted octanol–water partition coefficient (Wildman–Crippen LogP) is 2.95. The molecular formula is C15H26ClN3O. The van der Waals surface area contributed by atoms with Crippen LogP contribution in [0.2, 0.25) is 5.02 Å². The maximum atomic E-state index is 6.42. The van der Waals surface area contributed by atoms with E-state index in [9.17, 15) is 0 Å². The molecule has 114 valence electrons. The minimum absolute atomic E-state index is 0.128. The summed E-state index contributed by atoms with van der Waals surface area (Å²) in [5.74, 6) is 0. The monoisotopic (exact) mass is 299 g/mol. The van der Waals surface area contributed by atoms with Crippen molar-refractivity contribution >= 4 is 11.6 Å². The van der Waals surface area contributed by atoms with Crippen LogP contribution in [0.3, 0.4) is 0 Å². The number of rotatable bonds is 7. The first-order valence-corrected chi connectivity index (χ1v) is 8.14. The van der Waals surface area contributed by atoms with E-state index in [1.165, 1.54) is 12.8 Å². The third-order valence-electron chi connectivity index (χ3n) is 4.03. The van der Waals surface area contributed by atoms with E-state index in [0.717, 1.165) is 55.2 Å². The van der Waals surface area contributed by atoms with Crippen molar-refractivity contribution in [2.24, 2.45) is 5.73 Å². The Balaban J connectivity index is 1.92. The normalized spacial score (nSPS) is 20.5. The van der Waals surface area contributed by atoms with Crippen LogP contribution < -0.4 is 5.73 Å². The number of nitrogens with two attached hydrogens (primary N) is 1. The molecule has 1 aliphatic rings. The SMILES string of the molecule is CCc1nn(CC)c(CC(N)CCC2CCCO2)c1Cl. The molecule has 1 fully saturated rings. The summed E-state index contributed by atoms with van der Waals surface area (Å²) in [7, 11) is 0. The van der Waals surface area contributed by atoms with Crippen molar-refractivity contribution in [2.45, 2.75) is 71.1 Å². The summed E-state index contributed by atoms with van der Waals surface area (Å²) in [4.78, 5) is 0. The van der Waals surface area contributed by atoms with Gasteiger partial charge in [-0.2, -0.15) is 5.10 Å². The Morgan fingerprint density at radius 1 is 1.50 bits per heavy atom. The Kier molecular flexibility index (Phi) is 5.87. The lowest BCUT2D eigenvalue weighted by molar-refractivity contribution is 0.101. The Bertz CT molecular complexity index is 427. The van der Waals surface area contributed by atoms with Crippen molar-refractivity contribution in [3.05, 3.63) is 16.4 Å². The van der Waals surface area contributed by atoms with E-state index in [-0.39, 0.29) is 6.04 Å². The van der Waals surface area contributed by atoms with Crippen molar-refractivity contribution in [3.63, 3.8) is 0 Å². The number of hydrogen-bond acceptors (Lipinski definition) is 3. The Hall–Kier alpha value is -0.580. The zero-order valence-electron chi connectivity index (χ0n) is 12.6. The van der Waals surface area contributed by atoms with Gasteiger partial charge in [-0.3, -0.25) is 4.68 Å². The van der Waals surface area contributed by atoms with Gasteiger partial charge in [0.2, 0.25) is 0 Å². The Labute approximate surface area is 126 Å². The standard InChI is InChI=1S/C15H26ClN3O/c1-3-13-15(16)14(19(4-2)18-13)10-11(17)7-8-12-6-5-9-20-12/h11-12H,3-10,17H2,1-2H3. The fraction of sp³-hybridized carbons (Fsp3) is 0.800. The molecule has 2 unspecified atom stereocenters. The molecule has 0 aromatic carbocycles. The van der Waals surface area contributed by atoms with Gasteiger partial charge in [-0.15, -0.1) is 0 Å². The molecule has 1 aromatic heterocycles. The topological polar surface area (TPSA) is 53.1 Å². The van der Waals surface area contributed by atoms with Crippen LogP contribution in [0, 0.1) is 0 Å². The van der Waals surface area contributed by atoms with Crippen molar-refractivity contribution < 1.29 is 4.74 Å². The van der Waals surface area contributed by atoms with Gasteiger partial charge in [-0.1, -0.05) is 18.5 Å². The Morgan fingerprint density at radius 2 is 2.30 bits per heavy atom. The lowest BCUT2D eigenvalue weighted by Gasteiger charge is -2.15. The van der Waals surface area contributed by atoms with Gasteiger partial charge in [0.05, 0.1) is 22.5 Å². The van der Waals surface area contributed by atoms with Gasteiger partial charge in [-0.05, 0) is 39.0 Å². The van der Waals surface area contributed by atoms with Crippen LogP contribution in [0.5, 0.6) is 0 Å². The van der Waals surface area contributed by atoms with E-state index in [1.54, 1.807) is 0 Å². The minimum Gasteiger partial charge on any atom is -0.378 e. The van der Waals surface area contributed by atoms with Crippen LogP contribution in [0.25, 0.3) is 0 Å². The minimum atomic E-state index is 0.128. The van der Waals surface area contributed by atoms with Crippen LogP contribution in [-0.4, -0.2) is 28.5 Å². The van der Waals surface area contributed by atoms with Crippen LogP contribution in [-0.2, 0) is 24.1 Å². The third-order valence-corrected chi connectivity index (χ3v) is 4.47. The lowest BCUT2D eigenvalue weighted by atomic mass is 10.0. The number of ether oxygens (including phenoxy) is 1. The molecule has 0 saturated carbocycles. The molecule has 0 radical (unpaired) electrons. The summed E-state index contributed by atoms with van der Waals surface area (Å²) >= 11 is 6.42. The molecule has 0 amide bonds. The van der Waals surface area contributed by atoms with Gasteiger partial charge in [0.15, 0.2) is 0 Å². The highest BCUT2D eigenvalue weighted by atomic mass is 35.5. The second-order valence-corrected chi connectivity index (χ2v) is 5.93. The van der Waals surface area contributed by atoms with Crippen molar-refractivity contribution in [2.75, 3.05) is 6.61 Å². The molecule has 1 saturated heterocycles. The van der Waals surface area contributed by atoms with Crippen molar-refractivity contribution in [3.8, 4) is 0 Å². The molecule has 2 heterocycles. The lowest BCUT2D eigenvalue weighted by Crippen LogP contribution is -2.26. The number of halogens is 1. The Morgan fingerprint density at radius 3 is 2.90 bits per heavy atom. The summed E-state index contributed by atoms with van der Waals surface area (Å²) in [6, 6.07) is 0.128. The third kappa shape index (κ3) is 3.74. The van der Waals surface area contributed by atoms with Gasteiger partial charge in [0, 0.05) is 25.6 Å². The molecule has 1 aromatic rings. The molecule has 1 aliphatic heterocycles. The highest BCUT2D eigenvalue weighted by molar-refractivity contribution is 6.31. The average molecular weight is 300 g/mol. The second kappa shape index (κ2) is 7.43. The summed E-state index contributed by atoms with van der Waals surface area (Å²) < 4.78 is 7.64. The van der Waals surface area contributed by atoms with E-state index < -0.39 is 0 Å². The quantitative estimate of drug-likeness (QED) is 0.842. The largest absolute Gasteiger partial charge is 0.378 e.